The Labute approximate surface area is 171 Å². The van der Waals surface area contributed by atoms with Crippen molar-refractivity contribution in [3.05, 3.63) is 77.3 Å². The van der Waals surface area contributed by atoms with Crippen LogP contribution in [0.2, 0.25) is 5.02 Å². The molecule has 7 heteroatoms. The van der Waals surface area contributed by atoms with Gasteiger partial charge in [-0.25, -0.2) is 0 Å². The Morgan fingerprint density at radius 3 is 2.26 bits per heavy atom. The molecule has 2 aromatic carbocycles. The first-order chi connectivity index (χ1) is 13.0. The van der Waals surface area contributed by atoms with Gasteiger partial charge < -0.3 is 0 Å². The van der Waals surface area contributed by atoms with Crippen molar-refractivity contribution < 1.29 is 9.59 Å². The third-order valence-electron chi connectivity index (χ3n) is 3.74. The van der Waals surface area contributed by atoms with Crippen LogP contribution in [0.1, 0.15) is 5.56 Å². The van der Waals surface area contributed by atoms with Crippen LogP contribution < -0.4 is 5.32 Å². The Morgan fingerprint density at radius 2 is 1.67 bits per heavy atom. The normalized spacial score (nSPS) is 15.8. The van der Waals surface area contributed by atoms with E-state index in [1.807, 2.05) is 48.5 Å². The summed E-state index contributed by atoms with van der Waals surface area (Å²) >= 11 is 12.5. The number of carbonyl (C=O) groups is 2. The summed E-state index contributed by atoms with van der Waals surface area (Å²) in [6, 6.07) is 15.2. The molecule has 136 valence electrons. The van der Waals surface area contributed by atoms with E-state index in [4.69, 9.17) is 23.8 Å². The van der Waals surface area contributed by atoms with Crippen molar-refractivity contribution in [3.8, 4) is 0 Å². The Kier molecular flexibility index (Phi) is 6.11. The van der Waals surface area contributed by atoms with Crippen LogP contribution >= 0.6 is 35.6 Å². The molecule has 1 aliphatic rings. The molecule has 0 radical (unpaired) electrons. The second-order valence-electron chi connectivity index (χ2n) is 5.65. The van der Waals surface area contributed by atoms with Crippen molar-refractivity contribution in [3.63, 3.8) is 0 Å². The van der Waals surface area contributed by atoms with Crippen molar-refractivity contribution in [2.75, 3.05) is 6.54 Å². The van der Waals surface area contributed by atoms with Gasteiger partial charge in [-0.2, -0.15) is 0 Å². The summed E-state index contributed by atoms with van der Waals surface area (Å²) < 4.78 is 0. The number of amides is 2. The summed E-state index contributed by atoms with van der Waals surface area (Å²) in [5.74, 6) is -0.923. The predicted molar refractivity (Wildman–Crippen MR) is 113 cm³/mol. The average molecular weight is 415 g/mol. The molecule has 3 rings (SSSR count). The first-order valence-electron chi connectivity index (χ1n) is 8.01. The third-order valence-corrected chi connectivity index (χ3v) is 5.33. The maximum Gasteiger partial charge on any atom is 0.265 e. The van der Waals surface area contributed by atoms with Gasteiger partial charge in [-0.3, -0.25) is 19.8 Å². The number of benzene rings is 2. The summed E-state index contributed by atoms with van der Waals surface area (Å²) in [5.41, 5.74) is 0.795. The molecule has 0 aliphatic carbocycles. The maximum absolute atomic E-state index is 12.5. The minimum atomic E-state index is -0.495. The van der Waals surface area contributed by atoms with Gasteiger partial charge in [0.1, 0.15) is 5.57 Å². The molecular weight excluding hydrogens is 400 g/mol. The van der Waals surface area contributed by atoms with Crippen LogP contribution in [0.5, 0.6) is 0 Å². The van der Waals surface area contributed by atoms with Crippen LogP contribution in [-0.4, -0.2) is 28.4 Å². The van der Waals surface area contributed by atoms with E-state index < -0.39 is 11.8 Å². The number of nitrogens with one attached hydrogen (secondary N) is 1. The molecule has 4 nitrogen and oxygen atoms in total. The number of hydrogen-bond acceptors (Lipinski definition) is 4. The highest BCUT2D eigenvalue weighted by Crippen LogP contribution is 2.29. The average Bonchev–Trinajstić information content (AvgIpc) is 2.65. The Balaban J connectivity index is 1.78. The zero-order valence-corrected chi connectivity index (χ0v) is 16.5. The van der Waals surface area contributed by atoms with Crippen LogP contribution in [0.25, 0.3) is 6.08 Å². The van der Waals surface area contributed by atoms with Gasteiger partial charge in [-0.15, -0.1) is 6.58 Å². The monoisotopic (exact) mass is 414 g/mol. The predicted octanol–water partition coefficient (Wildman–Crippen LogP) is 4.30. The summed E-state index contributed by atoms with van der Waals surface area (Å²) in [4.78, 5) is 28.1. The highest BCUT2D eigenvalue weighted by Gasteiger charge is 2.32. The minimum absolute atomic E-state index is 0.0450. The molecule has 0 aromatic heterocycles. The van der Waals surface area contributed by atoms with Gasteiger partial charge in [0, 0.05) is 21.4 Å². The molecule has 1 aliphatic heterocycles. The summed E-state index contributed by atoms with van der Waals surface area (Å²) in [7, 11) is 0. The highest BCUT2D eigenvalue weighted by atomic mass is 35.5. The fourth-order valence-corrected chi connectivity index (χ4v) is 3.62. The SMILES string of the molecule is C=CCN1C(=O)/C(=C/c2ccc(Sc3ccc(Cl)cc3)cc2)C(=O)NC1=S. The van der Waals surface area contributed by atoms with E-state index in [-0.39, 0.29) is 17.2 Å². The van der Waals surface area contributed by atoms with E-state index >= 15 is 0 Å². The van der Waals surface area contributed by atoms with E-state index in [1.165, 1.54) is 4.90 Å². The van der Waals surface area contributed by atoms with E-state index in [1.54, 1.807) is 23.9 Å². The number of thiocarbonyl (C=S) groups is 1. The fourth-order valence-electron chi connectivity index (χ4n) is 2.43. The molecule has 1 saturated heterocycles. The van der Waals surface area contributed by atoms with Crippen molar-refractivity contribution in [1.29, 1.82) is 0 Å². The zero-order chi connectivity index (χ0) is 19.4. The van der Waals surface area contributed by atoms with Crippen molar-refractivity contribution in [1.82, 2.24) is 10.2 Å². The summed E-state index contributed by atoms with van der Waals surface area (Å²) in [6.45, 7) is 3.85. The molecule has 27 heavy (non-hydrogen) atoms. The Bertz CT molecular complexity index is 937. The second kappa shape index (κ2) is 8.52. The fraction of sp³-hybridized carbons (Fsp3) is 0.0500. The van der Waals surface area contributed by atoms with Gasteiger partial charge in [0.05, 0.1) is 0 Å². The minimum Gasteiger partial charge on any atom is -0.298 e. The largest absolute Gasteiger partial charge is 0.298 e. The smallest absolute Gasteiger partial charge is 0.265 e. The molecule has 0 bridgehead atoms. The van der Waals surface area contributed by atoms with Gasteiger partial charge in [0.15, 0.2) is 5.11 Å². The number of hydrogen-bond donors (Lipinski definition) is 1. The van der Waals surface area contributed by atoms with Gasteiger partial charge in [-0.05, 0) is 60.3 Å². The van der Waals surface area contributed by atoms with E-state index in [9.17, 15) is 9.59 Å². The molecule has 2 aromatic rings. The maximum atomic E-state index is 12.5. The molecule has 1 heterocycles. The lowest BCUT2D eigenvalue weighted by atomic mass is 10.1. The standard InChI is InChI=1S/C20H15ClN2O2S2/c1-2-11-23-19(25)17(18(24)22-20(23)26)12-13-3-7-15(8-4-13)27-16-9-5-14(21)6-10-16/h2-10,12H,1,11H2,(H,22,24,26)/b17-12+. The number of rotatable bonds is 5. The zero-order valence-electron chi connectivity index (χ0n) is 14.1. The van der Waals surface area contributed by atoms with E-state index in [0.717, 1.165) is 15.4 Å². The van der Waals surface area contributed by atoms with Gasteiger partial charge in [-0.1, -0.05) is 41.6 Å². The first kappa shape index (κ1) is 19.4. The summed E-state index contributed by atoms with van der Waals surface area (Å²) in [5, 5.41) is 3.32. The Morgan fingerprint density at radius 1 is 1.07 bits per heavy atom. The van der Waals surface area contributed by atoms with Gasteiger partial charge in [0.25, 0.3) is 11.8 Å². The second-order valence-corrected chi connectivity index (χ2v) is 7.62. The van der Waals surface area contributed by atoms with Crippen molar-refractivity contribution in [2.24, 2.45) is 0 Å². The number of nitrogens with zero attached hydrogens (tertiary/aromatic N) is 1. The molecule has 0 unspecified atom stereocenters. The molecule has 0 atom stereocenters. The van der Waals surface area contributed by atoms with Crippen LogP contribution in [0.3, 0.4) is 0 Å². The highest BCUT2D eigenvalue weighted by molar-refractivity contribution is 7.99. The summed E-state index contributed by atoms with van der Waals surface area (Å²) in [6.07, 6.45) is 3.12. The Hall–Kier alpha value is -2.41. The van der Waals surface area contributed by atoms with Crippen molar-refractivity contribution >= 4 is 58.6 Å². The van der Waals surface area contributed by atoms with Crippen LogP contribution in [0, 0.1) is 0 Å². The topological polar surface area (TPSA) is 49.4 Å². The molecule has 2 amide bonds. The lowest BCUT2D eigenvalue weighted by Gasteiger charge is -2.27. The molecule has 0 spiro atoms. The number of carbonyl (C=O) groups excluding carboxylic acids is 2. The molecule has 0 saturated carbocycles. The van der Waals surface area contributed by atoms with Crippen LogP contribution in [0.15, 0.2) is 76.5 Å². The van der Waals surface area contributed by atoms with Crippen LogP contribution in [0.4, 0.5) is 0 Å². The van der Waals surface area contributed by atoms with Crippen LogP contribution in [-0.2, 0) is 9.59 Å². The lowest BCUT2D eigenvalue weighted by molar-refractivity contribution is -0.128. The molecule has 1 fully saturated rings. The first-order valence-corrected chi connectivity index (χ1v) is 9.61. The molecule has 1 N–H and O–H groups in total. The quantitative estimate of drug-likeness (QED) is 0.343. The van der Waals surface area contributed by atoms with Gasteiger partial charge in [0.2, 0.25) is 0 Å². The third kappa shape index (κ3) is 4.66. The van der Waals surface area contributed by atoms with E-state index in [0.29, 0.717) is 5.02 Å². The van der Waals surface area contributed by atoms with Gasteiger partial charge >= 0.3 is 0 Å². The van der Waals surface area contributed by atoms with Crippen molar-refractivity contribution in [2.45, 2.75) is 9.79 Å². The van der Waals surface area contributed by atoms with E-state index in [2.05, 4.69) is 11.9 Å². The lowest BCUT2D eigenvalue weighted by Crippen LogP contribution is -2.53. The molecular formula is C20H15ClN2O2S2. The number of halogens is 1.